The van der Waals surface area contributed by atoms with Crippen molar-refractivity contribution >= 4 is 17.4 Å². The number of amides is 1. The molecule has 2 rings (SSSR count). The van der Waals surface area contributed by atoms with Gasteiger partial charge in [-0.1, -0.05) is 13.3 Å². The van der Waals surface area contributed by atoms with E-state index in [-0.39, 0.29) is 0 Å². The van der Waals surface area contributed by atoms with E-state index in [1.807, 2.05) is 0 Å². The van der Waals surface area contributed by atoms with E-state index >= 15 is 0 Å². The molecule has 1 fully saturated rings. The third kappa shape index (κ3) is 2.97. The molecule has 1 aromatic heterocycles. The monoisotopic (exact) mass is 262 g/mol. The van der Waals surface area contributed by atoms with E-state index in [0.29, 0.717) is 23.1 Å². The van der Waals surface area contributed by atoms with E-state index in [2.05, 4.69) is 16.8 Å². The van der Waals surface area contributed by atoms with Crippen LogP contribution in [0.5, 0.6) is 0 Å². The van der Waals surface area contributed by atoms with Crippen LogP contribution in [0.1, 0.15) is 49.4 Å². The zero-order chi connectivity index (χ0) is 13.8. The highest BCUT2D eigenvalue weighted by Crippen LogP contribution is 2.29. The van der Waals surface area contributed by atoms with Gasteiger partial charge in [0.25, 0.3) is 5.91 Å². The Labute approximate surface area is 114 Å². The number of hydrogen-bond acceptors (Lipinski definition) is 4. The third-order valence-corrected chi connectivity index (χ3v) is 3.67. The molecule has 5 heteroatoms. The van der Waals surface area contributed by atoms with Crippen LogP contribution in [-0.4, -0.2) is 23.5 Å². The number of hydrogen-bond donors (Lipinski definition) is 2. The van der Waals surface area contributed by atoms with E-state index in [1.54, 1.807) is 12.3 Å². The molecule has 1 aliphatic heterocycles. The Hall–Kier alpha value is -1.78. The number of nitrogen functional groups attached to an aromatic ring is 1. The van der Waals surface area contributed by atoms with E-state index < -0.39 is 5.91 Å². The summed E-state index contributed by atoms with van der Waals surface area (Å²) in [7, 11) is 0. The molecule has 5 nitrogen and oxygen atoms in total. The van der Waals surface area contributed by atoms with Crippen molar-refractivity contribution in [1.29, 1.82) is 0 Å². The van der Waals surface area contributed by atoms with Crippen LogP contribution in [0.15, 0.2) is 12.3 Å². The van der Waals surface area contributed by atoms with Crippen LogP contribution in [0.2, 0.25) is 0 Å². The van der Waals surface area contributed by atoms with E-state index in [9.17, 15) is 4.79 Å². The summed E-state index contributed by atoms with van der Waals surface area (Å²) in [6.45, 7) is 3.11. The number of primary amides is 1. The van der Waals surface area contributed by atoms with Crippen molar-refractivity contribution in [2.45, 2.75) is 45.1 Å². The second-order valence-electron chi connectivity index (χ2n) is 5.14. The lowest BCUT2D eigenvalue weighted by atomic mass is 9.97. The average molecular weight is 262 g/mol. The largest absolute Gasteiger partial charge is 0.397 e. The summed E-state index contributed by atoms with van der Waals surface area (Å²) in [5, 5.41) is 0. The van der Waals surface area contributed by atoms with Gasteiger partial charge in [-0.3, -0.25) is 4.79 Å². The zero-order valence-corrected chi connectivity index (χ0v) is 11.4. The van der Waals surface area contributed by atoms with Gasteiger partial charge in [0.1, 0.15) is 5.82 Å². The van der Waals surface area contributed by atoms with Gasteiger partial charge in [-0.25, -0.2) is 4.98 Å². The lowest BCUT2D eigenvalue weighted by Gasteiger charge is -2.37. The number of anilines is 2. The Balaban J connectivity index is 2.35. The molecule has 1 saturated heterocycles. The van der Waals surface area contributed by atoms with E-state index in [4.69, 9.17) is 11.5 Å². The van der Waals surface area contributed by atoms with Gasteiger partial charge in [-0.2, -0.15) is 0 Å². The molecule has 0 aliphatic carbocycles. The van der Waals surface area contributed by atoms with Crippen LogP contribution < -0.4 is 16.4 Å². The van der Waals surface area contributed by atoms with Gasteiger partial charge in [0.05, 0.1) is 17.4 Å². The first kappa shape index (κ1) is 13.6. The molecule has 1 aliphatic rings. The molecule has 1 aromatic rings. The van der Waals surface area contributed by atoms with Crippen molar-refractivity contribution in [2.24, 2.45) is 5.73 Å². The first-order valence-corrected chi connectivity index (χ1v) is 6.95. The van der Waals surface area contributed by atoms with Crippen LogP contribution in [0.3, 0.4) is 0 Å². The maximum Gasteiger partial charge on any atom is 0.252 e. The Kier molecular flexibility index (Phi) is 4.24. The summed E-state index contributed by atoms with van der Waals surface area (Å²) < 4.78 is 0. The van der Waals surface area contributed by atoms with Crippen LogP contribution >= 0.6 is 0 Å². The number of carbonyl (C=O) groups is 1. The molecule has 0 bridgehead atoms. The molecule has 19 heavy (non-hydrogen) atoms. The van der Waals surface area contributed by atoms with Crippen molar-refractivity contribution in [3.63, 3.8) is 0 Å². The molecule has 0 saturated carbocycles. The maximum atomic E-state index is 11.6. The minimum Gasteiger partial charge on any atom is -0.397 e. The highest BCUT2D eigenvalue weighted by molar-refractivity contribution is 5.98. The molecule has 0 spiro atoms. The Morgan fingerprint density at radius 2 is 2.32 bits per heavy atom. The fourth-order valence-corrected chi connectivity index (χ4v) is 2.80. The predicted octanol–water partition coefficient (Wildman–Crippen LogP) is 1.92. The lowest BCUT2D eigenvalue weighted by molar-refractivity contribution is 0.100. The zero-order valence-electron chi connectivity index (χ0n) is 11.4. The molecule has 4 N–H and O–H groups in total. The van der Waals surface area contributed by atoms with Gasteiger partial charge < -0.3 is 16.4 Å². The fourth-order valence-electron chi connectivity index (χ4n) is 2.80. The van der Waals surface area contributed by atoms with E-state index in [0.717, 1.165) is 32.2 Å². The first-order valence-electron chi connectivity index (χ1n) is 6.95. The van der Waals surface area contributed by atoms with Gasteiger partial charge in [-0.15, -0.1) is 0 Å². The van der Waals surface area contributed by atoms with Crippen molar-refractivity contribution in [3.05, 3.63) is 17.8 Å². The molecule has 1 unspecified atom stereocenters. The Morgan fingerprint density at radius 1 is 1.53 bits per heavy atom. The highest BCUT2D eigenvalue weighted by atomic mass is 16.1. The van der Waals surface area contributed by atoms with Gasteiger partial charge in [0, 0.05) is 12.6 Å². The minimum atomic E-state index is -0.462. The van der Waals surface area contributed by atoms with Crippen LogP contribution in [-0.2, 0) is 0 Å². The topological polar surface area (TPSA) is 85.2 Å². The molecular formula is C14H22N4O. The Bertz CT molecular complexity index is 459. The number of piperidine rings is 1. The maximum absolute atomic E-state index is 11.6. The lowest BCUT2D eigenvalue weighted by Crippen LogP contribution is -2.41. The predicted molar refractivity (Wildman–Crippen MR) is 77.1 cm³/mol. The van der Waals surface area contributed by atoms with Crippen LogP contribution in [0.25, 0.3) is 0 Å². The molecule has 0 radical (unpaired) electrons. The molecule has 1 amide bonds. The molecule has 2 heterocycles. The number of rotatable bonds is 4. The smallest absolute Gasteiger partial charge is 0.252 e. The highest BCUT2D eigenvalue weighted by Gasteiger charge is 2.26. The summed E-state index contributed by atoms with van der Waals surface area (Å²) in [4.78, 5) is 18.2. The van der Waals surface area contributed by atoms with E-state index in [1.165, 1.54) is 6.42 Å². The molecule has 104 valence electrons. The van der Waals surface area contributed by atoms with Crippen LogP contribution in [0.4, 0.5) is 11.5 Å². The SMILES string of the molecule is CCCC1CCCCN1c1ncc(N)cc1C(N)=O. The van der Waals surface area contributed by atoms with Crippen molar-refractivity contribution in [2.75, 3.05) is 17.2 Å². The summed E-state index contributed by atoms with van der Waals surface area (Å²) >= 11 is 0. The molecule has 1 atom stereocenters. The Morgan fingerprint density at radius 3 is 3.00 bits per heavy atom. The van der Waals surface area contributed by atoms with Crippen LogP contribution in [0, 0.1) is 0 Å². The summed E-state index contributed by atoms with van der Waals surface area (Å²) in [5.41, 5.74) is 12.1. The third-order valence-electron chi connectivity index (χ3n) is 3.67. The average Bonchev–Trinajstić information content (AvgIpc) is 2.40. The quantitative estimate of drug-likeness (QED) is 0.868. The van der Waals surface area contributed by atoms with Crippen molar-refractivity contribution in [1.82, 2.24) is 4.98 Å². The van der Waals surface area contributed by atoms with Crippen molar-refractivity contribution in [3.8, 4) is 0 Å². The number of carbonyl (C=O) groups excluding carboxylic acids is 1. The number of nitrogens with two attached hydrogens (primary N) is 2. The fraction of sp³-hybridized carbons (Fsp3) is 0.571. The number of pyridine rings is 1. The van der Waals surface area contributed by atoms with Gasteiger partial charge in [-0.05, 0) is 31.7 Å². The summed E-state index contributed by atoms with van der Waals surface area (Å²) in [6, 6.07) is 2.08. The summed E-state index contributed by atoms with van der Waals surface area (Å²) in [6.07, 6.45) is 7.36. The molecular weight excluding hydrogens is 240 g/mol. The van der Waals surface area contributed by atoms with Crippen molar-refractivity contribution < 1.29 is 4.79 Å². The normalized spacial score (nSPS) is 19.4. The second kappa shape index (κ2) is 5.91. The molecule has 0 aromatic carbocycles. The first-order chi connectivity index (χ1) is 9.13. The number of aromatic nitrogens is 1. The van der Waals surface area contributed by atoms with Gasteiger partial charge >= 0.3 is 0 Å². The number of nitrogens with zero attached hydrogens (tertiary/aromatic N) is 2. The summed E-state index contributed by atoms with van der Waals surface area (Å²) in [5.74, 6) is 0.232. The second-order valence-corrected chi connectivity index (χ2v) is 5.14. The van der Waals surface area contributed by atoms with Gasteiger partial charge in [0.15, 0.2) is 0 Å². The minimum absolute atomic E-state index is 0.433. The van der Waals surface area contributed by atoms with Gasteiger partial charge in [0.2, 0.25) is 0 Å². The standard InChI is InChI=1S/C14H22N4O/c1-2-5-11-6-3-4-7-18(11)14-12(13(16)19)8-10(15)9-17-14/h8-9,11H,2-7,15H2,1H3,(H2,16,19).